The average Bonchev–Trinajstić information content (AvgIpc) is 3.03. The van der Waals surface area contributed by atoms with Crippen LogP contribution in [0.2, 0.25) is 0 Å². The topological polar surface area (TPSA) is 27.7 Å². The van der Waals surface area contributed by atoms with E-state index in [4.69, 9.17) is 14.2 Å². The fourth-order valence-electron chi connectivity index (χ4n) is 5.87. The third-order valence-corrected chi connectivity index (χ3v) is 12.1. The van der Waals surface area contributed by atoms with Gasteiger partial charge in [0.2, 0.25) is 5.75 Å². The minimum Gasteiger partial charge on any atom is -0.493 e. The lowest BCUT2D eigenvalue weighted by atomic mass is 9.98. The van der Waals surface area contributed by atoms with Gasteiger partial charge < -0.3 is 14.2 Å². The summed E-state index contributed by atoms with van der Waals surface area (Å²) in [6, 6.07) is 46.2. The van der Waals surface area contributed by atoms with E-state index in [1.54, 1.807) is 21.3 Å². The van der Waals surface area contributed by atoms with E-state index in [0.717, 1.165) is 27.7 Å². The molecule has 3 nitrogen and oxygen atoms in total. The molecule has 4 heteroatoms. The molecule has 0 heterocycles. The van der Waals surface area contributed by atoms with Gasteiger partial charge in [-0.25, -0.2) is 0 Å². The molecule has 0 fully saturated rings. The van der Waals surface area contributed by atoms with E-state index in [2.05, 4.69) is 121 Å². The summed E-state index contributed by atoms with van der Waals surface area (Å²) < 4.78 is 17.3. The van der Waals surface area contributed by atoms with Crippen LogP contribution in [0.1, 0.15) is 5.56 Å². The van der Waals surface area contributed by atoms with Crippen molar-refractivity contribution in [3.05, 3.63) is 133 Å². The normalized spacial score (nSPS) is 11.5. The van der Waals surface area contributed by atoms with Crippen molar-refractivity contribution in [2.75, 3.05) is 21.3 Å². The van der Waals surface area contributed by atoms with E-state index in [-0.39, 0.29) is 0 Å². The second-order valence-electron chi connectivity index (χ2n) is 9.84. The Labute approximate surface area is 236 Å². The van der Waals surface area contributed by atoms with Crippen LogP contribution in [-0.2, 0) is 6.16 Å². The van der Waals surface area contributed by atoms with Gasteiger partial charge in [0, 0.05) is 5.39 Å². The van der Waals surface area contributed by atoms with E-state index in [1.807, 2.05) is 6.07 Å². The predicted molar refractivity (Wildman–Crippen MR) is 170 cm³/mol. The van der Waals surface area contributed by atoms with Gasteiger partial charge in [0.1, 0.15) is 23.2 Å². The summed E-state index contributed by atoms with van der Waals surface area (Å²) in [5, 5.41) is 8.49. The van der Waals surface area contributed by atoms with Crippen molar-refractivity contribution in [3.63, 3.8) is 0 Å². The van der Waals surface area contributed by atoms with Crippen LogP contribution >= 0.6 is 7.26 Å². The Hall–Kier alpha value is -4.33. The summed E-state index contributed by atoms with van der Waals surface area (Å²) in [6.45, 7) is 0. The maximum atomic E-state index is 5.95. The van der Waals surface area contributed by atoms with Crippen molar-refractivity contribution < 1.29 is 14.2 Å². The fraction of sp³-hybridized carbons (Fsp3) is 0.111. The molecule has 0 aliphatic carbocycles. The van der Waals surface area contributed by atoms with Gasteiger partial charge in [-0.3, -0.25) is 0 Å². The van der Waals surface area contributed by atoms with Crippen molar-refractivity contribution in [3.8, 4) is 17.2 Å². The number of benzene rings is 6. The van der Waals surface area contributed by atoms with Crippen molar-refractivity contribution >= 4 is 44.7 Å². The van der Waals surface area contributed by atoms with Gasteiger partial charge in [-0.1, -0.05) is 78.9 Å². The predicted octanol–water partition coefficient (Wildman–Crippen LogP) is 7.51. The lowest BCUT2D eigenvalue weighted by Crippen LogP contribution is -2.32. The standard InChI is InChI=1S/C36H32O3P/c1-37-33-24-28-22-21-27-20-19-26(23-32(27)34(28)36(39-3)35(33)38-2)25-40(29-13-7-4-8-14-29,30-15-9-5-10-16-30)31-17-11-6-12-18-31/h4-24H,25H2,1-3H3/q+1. The molecule has 6 aromatic rings. The number of rotatable bonds is 8. The molecule has 6 rings (SSSR count). The average molecular weight is 544 g/mol. The fourth-order valence-corrected chi connectivity index (χ4v) is 10.1. The molecular formula is C36H32O3P+. The first-order valence-electron chi connectivity index (χ1n) is 13.4. The van der Waals surface area contributed by atoms with Crippen molar-refractivity contribution in [1.29, 1.82) is 0 Å². The van der Waals surface area contributed by atoms with E-state index in [1.165, 1.54) is 21.5 Å². The molecule has 40 heavy (non-hydrogen) atoms. The van der Waals surface area contributed by atoms with Gasteiger partial charge in [-0.15, -0.1) is 0 Å². The third kappa shape index (κ3) is 4.37. The van der Waals surface area contributed by atoms with Crippen LogP contribution < -0.4 is 30.1 Å². The Balaban J connectivity index is 1.63. The molecule has 0 N–H and O–H groups in total. The molecule has 0 aromatic heterocycles. The number of hydrogen-bond acceptors (Lipinski definition) is 3. The molecule has 198 valence electrons. The monoisotopic (exact) mass is 543 g/mol. The highest BCUT2D eigenvalue weighted by Gasteiger charge is 2.45. The Morgan fingerprint density at radius 3 is 1.50 bits per heavy atom. The molecule has 0 aliphatic rings. The smallest absolute Gasteiger partial charge is 0.203 e. The van der Waals surface area contributed by atoms with Gasteiger partial charge in [0.15, 0.2) is 11.5 Å². The largest absolute Gasteiger partial charge is 0.493 e. The SMILES string of the molecule is COc1cc2ccc3ccc(C[P+](c4ccccc4)(c4ccccc4)c4ccccc4)cc3c2c(OC)c1OC. The van der Waals surface area contributed by atoms with Gasteiger partial charge >= 0.3 is 0 Å². The highest BCUT2D eigenvalue weighted by molar-refractivity contribution is 7.95. The number of hydrogen-bond donors (Lipinski definition) is 0. The summed E-state index contributed by atoms with van der Waals surface area (Å²) in [5.74, 6) is 1.95. The minimum absolute atomic E-state index is 0.607. The Morgan fingerprint density at radius 1 is 0.500 bits per heavy atom. The maximum Gasteiger partial charge on any atom is 0.203 e. The van der Waals surface area contributed by atoms with E-state index < -0.39 is 7.26 Å². The summed E-state index contributed by atoms with van der Waals surface area (Å²) >= 11 is 0. The van der Waals surface area contributed by atoms with Crippen LogP contribution in [0.4, 0.5) is 0 Å². The lowest BCUT2D eigenvalue weighted by Gasteiger charge is -2.28. The summed E-state index contributed by atoms with van der Waals surface area (Å²) in [7, 11) is 2.96. The molecule has 0 aliphatic heterocycles. The number of methoxy groups -OCH3 is 3. The quantitative estimate of drug-likeness (QED) is 0.147. The van der Waals surface area contributed by atoms with Crippen molar-refractivity contribution in [2.24, 2.45) is 0 Å². The van der Waals surface area contributed by atoms with Crippen LogP contribution in [-0.4, -0.2) is 21.3 Å². The molecule has 0 atom stereocenters. The second kappa shape index (κ2) is 11.0. The van der Waals surface area contributed by atoms with Crippen LogP contribution in [0.25, 0.3) is 21.5 Å². The highest BCUT2D eigenvalue weighted by Crippen LogP contribution is 2.58. The Morgan fingerprint density at radius 2 is 1.00 bits per heavy atom. The lowest BCUT2D eigenvalue weighted by molar-refractivity contribution is 0.327. The zero-order valence-electron chi connectivity index (χ0n) is 23.0. The number of ether oxygens (including phenoxy) is 3. The van der Waals surface area contributed by atoms with E-state index in [0.29, 0.717) is 17.2 Å². The second-order valence-corrected chi connectivity index (χ2v) is 13.3. The Bertz CT molecular complexity index is 1670. The molecule has 0 spiro atoms. The zero-order chi connectivity index (χ0) is 27.5. The Kier molecular flexibility index (Phi) is 7.15. The molecule has 0 bridgehead atoms. The number of fused-ring (bicyclic) bond motifs is 3. The van der Waals surface area contributed by atoms with Crippen LogP contribution in [0, 0.1) is 0 Å². The molecule has 0 amide bonds. The van der Waals surface area contributed by atoms with Crippen LogP contribution in [0.3, 0.4) is 0 Å². The van der Waals surface area contributed by atoms with Gasteiger partial charge in [0.25, 0.3) is 0 Å². The minimum atomic E-state index is -2.04. The molecule has 0 saturated heterocycles. The molecule has 0 radical (unpaired) electrons. The first-order chi connectivity index (χ1) is 19.7. The summed E-state index contributed by atoms with van der Waals surface area (Å²) in [6.07, 6.45) is 0.896. The first-order valence-corrected chi connectivity index (χ1v) is 15.4. The summed E-state index contributed by atoms with van der Waals surface area (Å²) in [4.78, 5) is 0. The molecule has 0 unspecified atom stereocenters. The highest BCUT2D eigenvalue weighted by atomic mass is 31.2. The summed E-state index contributed by atoms with van der Waals surface area (Å²) in [5.41, 5.74) is 1.28. The van der Waals surface area contributed by atoms with E-state index >= 15 is 0 Å². The van der Waals surface area contributed by atoms with Crippen molar-refractivity contribution in [2.45, 2.75) is 6.16 Å². The van der Waals surface area contributed by atoms with Crippen LogP contribution in [0.15, 0.2) is 127 Å². The van der Waals surface area contributed by atoms with Crippen molar-refractivity contribution in [1.82, 2.24) is 0 Å². The van der Waals surface area contributed by atoms with Gasteiger partial charge in [0.05, 0.1) is 27.5 Å². The molecular weight excluding hydrogens is 511 g/mol. The van der Waals surface area contributed by atoms with Gasteiger partial charge in [-0.2, -0.15) is 0 Å². The molecule has 0 saturated carbocycles. The molecule has 6 aromatic carbocycles. The zero-order valence-corrected chi connectivity index (χ0v) is 23.9. The van der Waals surface area contributed by atoms with Gasteiger partial charge in [-0.05, 0) is 70.3 Å². The maximum absolute atomic E-state index is 5.95. The third-order valence-electron chi connectivity index (χ3n) is 7.70. The van der Waals surface area contributed by atoms with Crippen LogP contribution in [0.5, 0.6) is 17.2 Å². The first kappa shape index (κ1) is 25.9. The van der Waals surface area contributed by atoms with E-state index in [9.17, 15) is 0 Å².